The SMILES string of the molecule is CCOC(=O)c1nnn(-c2ccc(NC(=O)c3ccccc3)cc2)c1N. The highest BCUT2D eigenvalue weighted by molar-refractivity contribution is 6.04. The van der Waals surface area contributed by atoms with Crippen LogP contribution in [0.3, 0.4) is 0 Å². The van der Waals surface area contributed by atoms with Gasteiger partial charge in [-0.3, -0.25) is 4.79 Å². The van der Waals surface area contributed by atoms with Crippen molar-refractivity contribution in [1.29, 1.82) is 0 Å². The zero-order chi connectivity index (χ0) is 18.5. The second-order valence-corrected chi connectivity index (χ2v) is 5.32. The molecule has 3 aromatic rings. The Bertz CT molecular complexity index is 920. The maximum Gasteiger partial charge on any atom is 0.362 e. The predicted octanol–water partition coefficient (Wildman–Crippen LogP) is 2.28. The molecule has 3 N–H and O–H groups in total. The van der Waals surface area contributed by atoms with E-state index >= 15 is 0 Å². The minimum Gasteiger partial charge on any atom is -0.461 e. The summed E-state index contributed by atoms with van der Waals surface area (Å²) in [5.74, 6) is -0.740. The van der Waals surface area contributed by atoms with Crippen LogP contribution in [0.2, 0.25) is 0 Å². The molecule has 0 fully saturated rings. The van der Waals surface area contributed by atoms with Crippen molar-refractivity contribution in [3.8, 4) is 5.69 Å². The van der Waals surface area contributed by atoms with E-state index in [1.165, 1.54) is 4.68 Å². The number of nitrogens with one attached hydrogen (secondary N) is 1. The van der Waals surface area contributed by atoms with E-state index in [0.717, 1.165) is 0 Å². The number of nitrogen functional groups attached to an aromatic ring is 1. The molecule has 0 saturated heterocycles. The minimum atomic E-state index is -0.622. The van der Waals surface area contributed by atoms with Crippen LogP contribution in [-0.4, -0.2) is 33.5 Å². The smallest absolute Gasteiger partial charge is 0.362 e. The molecule has 8 nitrogen and oxygen atoms in total. The van der Waals surface area contributed by atoms with E-state index in [2.05, 4.69) is 15.6 Å². The standard InChI is InChI=1S/C18H17N5O3/c1-2-26-18(25)15-16(19)23(22-21-15)14-10-8-13(9-11-14)20-17(24)12-6-4-3-5-7-12/h3-11H,2,19H2,1H3,(H,20,24). The first kappa shape index (κ1) is 17.2. The number of aromatic nitrogens is 3. The van der Waals surface area contributed by atoms with Gasteiger partial charge in [0.15, 0.2) is 5.82 Å². The number of hydrogen-bond acceptors (Lipinski definition) is 6. The summed E-state index contributed by atoms with van der Waals surface area (Å²) in [5.41, 5.74) is 7.68. The fourth-order valence-corrected chi connectivity index (χ4v) is 2.30. The number of nitrogens with two attached hydrogens (primary N) is 1. The van der Waals surface area contributed by atoms with Crippen LogP contribution in [0.5, 0.6) is 0 Å². The van der Waals surface area contributed by atoms with Gasteiger partial charge in [-0.2, -0.15) is 4.68 Å². The van der Waals surface area contributed by atoms with Crippen molar-refractivity contribution in [2.75, 3.05) is 17.7 Å². The van der Waals surface area contributed by atoms with Crippen LogP contribution in [0.25, 0.3) is 5.69 Å². The van der Waals surface area contributed by atoms with Gasteiger partial charge in [-0.15, -0.1) is 5.10 Å². The summed E-state index contributed by atoms with van der Waals surface area (Å²) >= 11 is 0. The van der Waals surface area contributed by atoms with E-state index in [-0.39, 0.29) is 24.0 Å². The molecule has 0 radical (unpaired) electrons. The molecule has 0 unspecified atom stereocenters. The number of rotatable bonds is 5. The molecule has 8 heteroatoms. The lowest BCUT2D eigenvalue weighted by Gasteiger charge is -2.07. The molecule has 0 saturated carbocycles. The van der Waals surface area contributed by atoms with Gasteiger partial charge in [0.25, 0.3) is 5.91 Å². The number of anilines is 2. The third-order valence-corrected chi connectivity index (χ3v) is 3.58. The van der Waals surface area contributed by atoms with Gasteiger partial charge in [-0.25, -0.2) is 4.79 Å². The van der Waals surface area contributed by atoms with Gasteiger partial charge < -0.3 is 15.8 Å². The van der Waals surface area contributed by atoms with E-state index in [4.69, 9.17) is 10.5 Å². The van der Waals surface area contributed by atoms with E-state index in [9.17, 15) is 9.59 Å². The summed E-state index contributed by atoms with van der Waals surface area (Å²) in [5, 5.41) is 10.4. The molecule has 0 aliphatic rings. The van der Waals surface area contributed by atoms with Crippen molar-refractivity contribution in [3.05, 3.63) is 65.9 Å². The van der Waals surface area contributed by atoms with Crippen LogP contribution in [-0.2, 0) is 4.74 Å². The predicted molar refractivity (Wildman–Crippen MR) is 96.1 cm³/mol. The van der Waals surface area contributed by atoms with Crippen LogP contribution in [0.4, 0.5) is 11.5 Å². The van der Waals surface area contributed by atoms with Crippen molar-refractivity contribution in [1.82, 2.24) is 15.0 Å². The van der Waals surface area contributed by atoms with E-state index < -0.39 is 5.97 Å². The number of nitrogens with zero attached hydrogens (tertiary/aromatic N) is 3. The Hall–Kier alpha value is -3.68. The molecule has 1 heterocycles. The number of amides is 1. The molecular weight excluding hydrogens is 334 g/mol. The first-order valence-electron chi connectivity index (χ1n) is 7.95. The van der Waals surface area contributed by atoms with Crippen molar-refractivity contribution in [2.24, 2.45) is 0 Å². The van der Waals surface area contributed by atoms with Gasteiger partial charge in [0.1, 0.15) is 0 Å². The Kier molecular flexibility index (Phi) is 4.93. The molecule has 132 valence electrons. The van der Waals surface area contributed by atoms with Crippen LogP contribution in [0.1, 0.15) is 27.8 Å². The van der Waals surface area contributed by atoms with E-state index in [1.807, 2.05) is 6.07 Å². The summed E-state index contributed by atoms with van der Waals surface area (Å²) in [6.45, 7) is 1.92. The highest BCUT2D eigenvalue weighted by atomic mass is 16.5. The second-order valence-electron chi connectivity index (χ2n) is 5.32. The van der Waals surface area contributed by atoms with Crippen molar-refractivity contribution in [3.63, 3.8) is 0 Å². The highest BCUT2D eigenvalue weighted by Crippen LogP contribution is 2.18. The van der Waals surface area contributed by atoms with Gasteiger partial charge in [0.05, 0.1) is 12.3 Å². The molecule has 1 aromatic heterocycles. The van der Waals surface area contributed by atoms with Gasteiger partial charge in [-0.05, 0) is 43.3 Å². The maximum absolute atomic E-state index is 12.2. The van der Waals surface area contributed by atoms with Crippen LogP contribution in [0, 0.1) is 0 Å². The first-order valence-corrected chi connectivity index (χ1v) is 7.95. The quantitative estimate of drug-likeness (QED) is 0.682. The first-order chi connectivity index (χ1) is 12.6. The fourth-order valence-electron chi connectivity index (χ4n) is 2.30. The summed E-state index contributed by atoms with van der Waals surface area (Å²) in [4.78, 5) is 23.9. The summed E-state index contributed by atoms with van der Waals surface area (Å²) < 4.78 is 6.21. The molecule has 0 aliphatic heterocycles. The normalized spacial score (nSPS) is 10.3. The van der Waals surface area contributed by atoms with E-state index in [1.54, 1.807) is 55.5 Å². The summed E-state index contributed by atoms with van der Waals surface area (Å²) in [6.07, 6.45) is 0. The average molecular weight is 351 g/mol. The Labute approximate surface area is 149 Å². The third-order valence-electron chi connectivity index (χ3n) is 3.58. The molecule has 26 heavy (non-hydrogen) atoms. The Morgan fingerprint density at radius 3 is 2.46 bits per heavy atom. The van der Waals surface area contributed by atoms with E-state index in [0.29, 0.717) is 16.9 Å². The molecular formula is C18H17N5O3. The van der Waals surface area contributed by atoms with Crippen molar-refractivity contribution < 1.29 is 14.3 Å². The molecule has 2 aromatic carbocycles. The summed E-state index contributed by atoms with van der Waals surface area (Å²) in [6, 6.07) is 15.7. The van der Waals surface area contributed by atoms with Crippen molar-refractivity contribution in [2.45, 2.75) is 6.92 Å². The number of hydrogen-bond donors (Lipinski definition) is 2. The number of carbonyl (C=O) groups is 2. The molecule has 3 rings (SSSR count). The second kappa shape index (κ2) is 7.47. The maximum atomic E-state index is 12.2. The zero-order valence-electron chi connectivity index (χ0n) is 14.0. The fraction of sp³-hybridized carbons (Fsp3) is 0.111. The van der Waals surface area contributed by atoms with Crippen molar-refractivity contribution >= 4 is 23.4 Å². The van der Waals surface area contributed by atoms with Crippen LogP contribution in [0.15, 0.2) is 54.6 Å². The number of ether oxygens (including phenoxy) is 1. The van der Waals surface area contributed by atoms with Crippen LogP contribution >= 0.6 is 0 Å². The highest BCUT2D eigenvalue weighted by Gasteiger charge is 2.19. The number of esters is 1. The molecule has 0 spiro atoms. The lowest BCUT2D eigenvalue weighted by atomic mass is 10.2. The topological polar surface area (TPSA) is 112 Å². The largest absolute Gasteiger partial charge is 0.461 e. The number of benzene rings is 2. The monoisotopic (exact) mass is 351 g/mol. The molecule has 0 aliphatic carbocycles. The van der Waals surface area contributed by atoms with Gasteiger partial charge in [0, 0.05) is 11.3 Å². The lowest BCUT2D eigenvalue weighted by Crippen LogP contribution is -2.12. The van der Waals surface area contributed by atoms with Gasteiger partial charge in [0.2, 0.25) is 5.69 Å². The average Bonchev–Trinajstić information content (AvgIpc) is 3.05. The Morgan fingerprint density at radius 1 is 1.12 bits per heavy atom. The Morgan fingerprint density at radius 2 is 1.81 bits per heavy atom. The molecule has 1 amide bonds. The lowest BCUT2D eigenvalue weighted by molar-refractivity contribution is 0.0520. The van der Waals surface area contributed by atoms with Gasteiger partial charge in [-0.1, -0.05) is 23.4 Å². The number of carbonyl (C=O) groups excluding carboxylic acids is 2. The van der Waals surface area contributed by atoms with Gasteiger partial charge >= 0.3 is 5.97 Å². The molecule has 0 bridgehead atoms. The minimum absolute atomic E-state index is 0.0340. The Balaban J connectivity index is 1.76. The third kappa shape index (κ3) is 3.54. The summed E-state index contributed by atoms with van der Waals surface area (Å²) in [7, 11) is 0. The zero-order valence-corrected chi connectivity index (χ0v) is 14.0. The molecule has 0 atom stereocenters. The van der Waals surface area contributed by atoms with Crippen LogP contribution < -0.4 is 11.1 Å².